The Bertz CT molecular complexity index is 1070. The summed E-state index contributed by atoms with van der Waals surface area (Å²) in [5.74, 6) is -8.50. The van der Waals surface area contributed by atoms with Crippen molar-refractivity contribution < 1.29 is 40.2 Å². The van der Waals surface area contributed by atoms with Gasteiger partial charge in [-0.2, -0.15) is 8.78 Å². The molecule has 2 nitrogen and oxygen atoms in total. The second-order valence-electron chi connectivity index (χ2n) is 7.20. The van der Waals surface area contributed by atoms with Gasteiger partial charge in [-0.25, -0.2) is 22.0 Å². The van der Waals surface area contributed by atoms with Crippen molar-refractivity contribution in [2.75, 3.05) is 6.86 Å². The maximum absolute atomic E-state index is 14.6. The van der Waals surface area contributed by atoms with Crippen molar-refractivity contribution >= 4 is 0 Å². The van der Waals surface area contributed by atoms with E-state index in [-0.39, 0.29) is 17.7 Å². The van der Waals surface area contributed by atoms with E-state index < -0.39 is 53.3 Å². The van der Waals surface area contributed by atoms with Gasteiger partial charge in [0.1, 0.15) is 22.9 Å². The van der Waals surface area contributed by atoms with Crippen molar-refractivity contribution in [3.05, 3.63) is 82.9 Å². The van der Waals surface area contributed by atoms with Gasteiger partial charge in [-0.05, 0) is 41.7 Å². The first-order valence-corrected chi connectivity index (χ1v) is 9.99. The van der Waals surface area contributed by atoms with Gasteiger partial charge < -0.3 is 9.47 Å². The lowest BCUT2D eigenvalue weighted by molar-refractivity contribution is -0.189. The first kappa shape index (κ1) is 24.4. The maximum Gasteiger partial charge on any atom is 0.432 e. The standard InChI is InChI=1S/C24H19F7O2/c1-2-3-4-14-5-7-15(8-6-14)16-9-18(26)22(19(27)10-16)24(30,31)33-17-11-20(28)23(32-13-25)21(29)12-17/h5-12H,2-4,13H2,1H3. The smallest absolute Gasteiger partial charge is 0.432 e. The lowest BCUT2D eigenvalue weighted by Crippen LogP contribution is -2.25. The van der Waals surface area contributed by atoms with E-state index in [1.54, 1.807) is 24.3 Å². The molecule has 0 aliphatic carbocycles. The molecule has 0 amide bonds. The Morgan fingerprint density at radius 1 is 0.788 bits per heavy atom. The van der Waals surface area contributed by atoms with Crippen molar-refractivity contribution in [2.45, 2.75) is 32.3 Å². The first-order valence-electron chi connectivity index (χ1n) is 9.99. The normalized spacial score (nSPS) is 11.5. The number of halogens is 7. The number of benzene rings is 3. The molecule has 0 saturated heterocycles. The zero-order chi connectivity index (χ0) is 24.2. The lowest BCUT2D eigenvalue weighted by Gasteiger charge is -2.20. The number of rotatable bonds is 9. The monoisotopic (exact) mass is 472 g/mol. The summed E-state index contributed by atoms with van der Waals surface area (Å²) in [6.07, 6.45) is -1.79. The summed E-state index contributed by atoms with van der Waals surface area (Å²) in [7, 11) is 0. The number of hydrogen-bond acceptors (Lipinski definition) is 2. The lowest BCUT2D eigenvalue weighted by atomic mass is 10.00. The molecule has 0 atom stereocenters. The zero-order valence-corrected chi connectivity index (χ0v) is 17.4. The minimum absolute atomic E-state index is 0.0244. The van der Waals surface area contributed by atoms with Crippen molar-refractivity contribution in [3.8, 4) is 22.6 Å². The Morgan fingerprint density at radius 2 is 1.36 bits per heavy atom. The molecule has 0 saturated carbocycles. The van der Waals surface area contributed by atoms with Crippen LogP contribution in [0.5, 0.6) is 11.5 Å². The molecule has 3 rings (SSSR count). The quantitative estimate of drug-likeness (QED) is 0.297. The predicted octanol–water partition coefficient (Wildman–Crippen LogP) is 7.69. The number of unbranched alkanes of at least 4 members (excludes halogenated alkanes) is 1. The fraction of sp³-hybridized carbons (Fsp3) is 0.250. The molecule has 176 valence electrons. The van der Waals surface area contributed by atoms with Crippen LogP contribution >= 0.6 is 0 Å². The molecule has 3 aromatic carbocycles. The second-order valence-corrected chi connectivity index (χ2v) is 7.20. The van der Waals surface area contributed by atoms with Crippen molar-refractivity contribution in [1.29, 1.82) is 0 Å². The molecule has 0 fully saturated rings. The van der Waals surface area contributed by atoms with E-state index in [2.05, 4.69) is 9.47 Å². The Kier molecular flexibility index (Phi) is 7.50. The highest BCUT2D eigenvalue weighted by molar-refractivity contribution is 5.64. The van der Waals surface area contributed by atoms with Crippen LogP contribution in [0.15, 0.2) is 48.5 Å². The molecule has 0 radical (unpaired) electrons. The zero-order valence-electron chi connectivity index (χ0n) is 17.4. The molecule has 0 aliphatic rings. The highest BCUT2D eigenvalue weighted by Gasteiger charge is 2.41. The predicted molar refractivity (Wildman–Crippen MR) is 108 cm³/mol. The van der Waals surface area contributed by atoms with Gasteiger partial charge in [-0.3, -0.25) is 0 Å². The van der Waals surface area contributed by atoms with Crippen LogP contribution < -0.4 is 9.47 Å². The number of ether oxygens (including phenoxy) is 2. The van der Waals surface area contributed by atoms with Gasteiger partial charge in [0.05, 0.1) is 0 Å². The minimum Gasteiger partial charge on any atom is -0.457 e. The highest BCUT2D eigenvalue weighted by Crippen LogP contribution is 2.38. The van der Waals surface area contributed by atoms with Crippen LogP contribution in [0.2, 0.25) is 0 Å². The largest absolute Gasteiger partial charge is 0.457 e. The van der Waals surface area contributed by atoms with Gasteiger partial charge in [0.15, 0.2) is 17.4 Å². The molecule has 3 aromatic rings. The molecule has 0 bridgehead atoms. The van der Waals surface area contributed by atoms with Gasteiger partial charge in [0, 0.05) is 12.1 Å². The fourth-order valence-electron chi connectivity index (χ4n) is 3.25. The van der Waals surface area contributed by atoms with Crippen molar-refractivity contribution in [2.24, 2.45) is 0 Å². The van der Waals surface area contributed by atoms with Crippen molar-refractivity contribution in [1.82, 2.24) is 0 Å². The summed E-state index contributed by atoms with van der Waals surface area (Å²) in [6, 6.07) is 8.82. The van der Waals surface area contributed by atoms with Crippen LogP contribution in [-0.4, -0.2) is 6.86 Å². The van der Waals surface area contributed by atoms with E-state index in [1.807, 2.05) is 6.92 Å². The molecule has 0 unspecified atom stereocenters. The van der Waals surface area contributed by atoms with Crippen LogP contribution in [0, 0.1) is 23.3 Å². The van der Waals surface area contributed by atoms with E-state index in [1.165, 1.54) is 0 Å². The van der Waals surface area contributed by atoms with E-state index in [0.717, 1.165) is 37.0 Å². The minimum atomic E-state index is -4.61. The summed E-state index contributed by atoms with van der Waals surface area (Å²) in [4.78, 5) is 0. The van der Waals surface area contributed by atoms with Crippen molar-refractivity contribution in [3.63, 3.8) is 0 Å². The Labute approximate surface area is 185 Å². The molecule has 0 N–H and O–H groups in total. The molecular formula is C24H19F7O2. The average Bonchev–Trinajstić information content (AvgIpc) is 2.74. The Morgan fingerprint density at radius 3 is 1.88 bits per heavy atom. The summed E-state index contributed by atoms with van der Waals surface area (Å²) >= 11 is 0. The van der Waals surface area contributed by atoms with Gasteiger partial charge >= 0.3 is 6.11 Å². The van der Waals surface area contributed by atoms with Crippen LogP contribution in [0.3, 0.4) is 0 Å². The second kappa shape index (κ2) is 10.1. The summed E-state index contributed by atoms with van der Waals surface area (Å²) in [5.41, 5.74) is -0.260. The number of hydrogen-bond donors (Lipinski definition) is 0. The van der Waals surface area contributed by atoms with Crippen LogP contribution in [0.25, 0.3) is 11.1 Å². The molecule has 0 aromatic heterocycles. The molecular weight excluding hydrogens is 453 g/mol. The summed E-state index contributed by atoms with van der Waals surface area (Å²) < 4.78 is 106. The fourth-order valence-corrected chi connectivity index (χ4v) is 3.25. The molecule has 33 heavy (non-hydrogen) atoms. The first-order chi connectivity index (χ1) is 15.7. The molecule has 0 heterocycles. The third-order valence-corrected chi connectivity index (χ3v) is 4.86. The summed E-state index contributed by atoms with van der Waals surface area (Å²) in [5, 5.41) is 0. The van der Waals surface area contributed by atoms with Gasteiger partial charge in [0.25, 0.3) is 0 Å². The number of aryl methyl sites for hydroxylation is 1. The van der Waals surface area contributed by atoms with Gasteiger partial charge in [0.2, 0.25) is 6.86 Å². The van der Waals surface area contributed by atoms with E-state index in [0.29, 0.717) is 5.56 Å². The third kappa shape index (κ3) is 5.58. The molecule has 0 spiro atoms. The van der Waals surface area contributed by atoms with E-state index in [9.17, 15) is 30.7 Å². The topological polar surface area (TPSA) is 18.5 Å². The van der Waals surface area contributed by atoms with Crippen LogP contribution in [0.1, 0.15) is 30.9 Å². The average molecular weight is 472 g/mol. The van der Waals surface area contributed by atoms with E-state index in [4.69, 9.17) is 0 Å². The Balaban J connectivity index is 1.88. The van der Waals surface area contributed by atoms with E-state index >= 15 is 0 Å². The van der Waals surface area contributed by atoms with Gasteiger partial charge in [-0.15, -0.1) is 0 Å². The number of alkyl halides is 3. The molecule has 9 heteroatoms. The summed E-state index contributed by atoms with van der Waals surface area (Å²) in [6.45, 7) is 0.485. The Hall–Kier alpha value is -3.23. The van der Waals surface area contributed by atoms with Crippen LogP contribution in [-0.2, 0) is 12.5 Å². The van der Waals surface area contributed by atoms with Gasteiger partial charge in [-0.1, -0.05) is 37.6 Å². The maximum atomic E-state index is 14.6. The third-order valence-electron chi connectivity index (χ3n) is 4.86. The SMILES string of the molecule is CCCCc1ccc(-c2cc(F)c(C(F)(F)Oc3cc(F)c(OCF)c(F)c3)c(F)c2)cc1. The highest BCUT2D eigenvalue weighted by atomic mass is 19.3. The molecule has 0 aliphatic heterocycles. The van der Waals surface area contributed by atoms with Crippen LogP contribution in [0.4, 0.5) is 30.7 Å².